The molecule has 4 nitrogen and oxygen atoms in total. The molecule has 0 unspecified atom stereocenters. The second-order valence-corrected chi connectivity index (χ2v) is 3.77. The molecule has 0 amide bonds. The number of benzene rings is 1. The van der Waals surface area contributed by atoms with E-state index in [1.165, 1.54) is 30.6 Å². The minimum Gasteiger partial charge on any atom is -0.437 e. The van der Waals surface area contributed by atoms with Crippen LogP contribution in [0.25, 0.3) is 0 Å². The van der Waals surface area contributed by atoms with Crippen LogP contribution in [-0.2, 0) is 5.92 Å². The zero-order valence-corrected chi connectivity index (χ0v) is 9.60. The van der Waals surface area contributed by atoms with Crippen LogP contribution in [0.2, 0.25) is 0 Å². The van der Waals surface area contributed by atoms with Gasteiger partial charge >= 0.3 is 0 Å². The summed E-state index contributed by atoms with van der Waals surface area (Å²) in [6.07, 6.45) is 2.65. The van der Waals surface area contributed by atoms with Crippen molar-refractivity contribution >= 4 is 5.82 Å². The number of ether oxygens (including phenoxy) is 1. The van der Waals surface area contributed by atoms with Crippen molar-refractivity contribution in [3.63, 3.8) is 0 Å². The molecule has 18 heavy (non-hydrogen) atoms. The SMILES string of the molecule is CC(F)(F)c1ccccc1Oc1cncc(N)n1. The second kappa shape index (κ2) is 4.56. The first kappa shape index (κ1) is 12.2. The van der Waals surface area contributed by atoms with E-state index in [1.807, 2.05) is 0 Å². The van der Waals surface area contributed by atoms with Crippen molar-refractivity contribution in [3.05, 3.63) is 42.2 Å². The van der Waals surface area contributed by atoms with E-state index < -0.39 is 5.92 Å². The smallest absolute Gasteiger partial charge is 0.274 e. The zero-order valence-electron chi connectivity index (χ0n) is 9.60. The number of nitrogens with zero attached hydrogens (tertiary/aromatic N) is 2. The molecule has 1 heterocycles. The molecule has 0 aliphatic rings. The first-order chi connectivity index (χ1) is 8.47. The molecule has 2 N–H and O–H groups in total. The molecule has 0 saturated carbocycles. The molecule has 0 radical (unpaired) electrons. The normalized spacial score (nSPS) is 11.3. The van der Waals surface area contributed by atoms with Crippen molar-refractivity contribution in [2.24, 2.45) is 0 Å². The second-order valence-electron chi connectivity index (χ2n) is 3.77. The van der Waals surface area contributed by atoms with Crippen LogP contribution in [0.15, 0.2) is 36.7 Å². The van der Waals surface area contributed by atoms with Gasteiger partial charge in [0.05, 0.1) is 18.0 Å². The highest BCUT2D eigenvalue weighted by Gasteiger charge is 2.28. The summed E-state index contributed by atoms with van der Waals surface area (Å²) in [6.45, 7) is 0.806. The molecule has 1 aromatic carbocycles. The van der Waals surface area contributed by atoms with Gasteiger partial charge in [-0.1, -0.05) is 12.1 Å². The van der Waals surface area contributed by atoms with Gasteiger partial charge in [0.1, 0.15) is 11.6 Å². The Kier molecular flexibility index (Phi) is 3.10. The van der Waals surface area contributed by atoms with Crippen LogP contribution in [0.4, 0.5) is 14.6 Å². The summed E-state index contributed by atoms with van der Waals surface area (Å²) in [5, 5.41) is 0. The molecule has 0 bridgehead atoms. The lowest BCUT2D eigenvalue weighted by atomic mass is 10.1. The highest BCUT2D eigenvalue weighted by Crippen LogP contribution is 2.35. The molecule has 94 valence electrons. The van der Waals surface area contributed by atoms with E-state index in [9.17, 15) is 8.78 Å². The average Bonchev–Trinajstić information content (AvgIpc) is 2.28. The number of halogens is 2. The summed E-state index contributed by atoms with van der Waals surface area (Å²) in [6, 6.07) is 5.86. The predicted octanol–water partition coefficient (Wildman–Crippen LogP) is 2.96. The summed E-state index contributed by atoms with van der Waals surface area (Å²) in [7, 11) is 0. The van der Waals surface area contributed by atoms with Gasteiger partial charge in [0.25, 0.3) is 5.92 Å². The van der Waals surface area contributed by atoms with Crippen molar-refractivity contribution in [2.75, 3.05) is 5.73 Å². The van der Waals surface area contributed by atoms with Crippen molar-refractivity contribution in [3.8, 4) is 11.6 Å². The van der Waals surface area contributed by atoms with Gasteiger partial charge in [0, 0.05) is 6.92 Å². The number of hydrogen-bond donors (Lipinski definition) is 1. The molecule has 0 atom stereocenters. The number of alkyl halides is 2. The zero-order chi connectivity index (χ0) is 13.2. The third-order valence-corrected chi connectivity index (χ3v) is 2.21. The molecular formula is C12H11F2N3O. The molecule has 2 aromatic rings. The number of para-hydroxylation sites is 1. The molecule has 0 aliphatic carbocycles. The predicted molar refractivity (Wildman–Crippen MR) is 62.5 cm³/mol. The van der Waals surface area contributed by atoms with Gasteiger partial charge in [-0.05, 0) is 12.1 Å². The van der Waals surface area contributed by atoms with Crippen LogP contribution in [0.5, 0.6) is 11.6 Å². The van der Waals surface area contributed by atoms with Crippen LogP contribution < -0.4 is 10.5 Å². The number of anilines is 1. The summed E-state index contributed by atoms with van der Waals surface area (Å²) in [5.74, 6) is -2.73. The lowest BCUT2D eigenvalue weighted by Gasteiger charge is -2.15. The van der Waals surface area contributed by atoms with E-state index in [0.29, 0.717) is 0 Å². The molecule has 2 rings (SSSR count). The number of nitrogens with two attached hydrogens (primary N) is 1. The first-order valence-corrected chi connectivity index (χ1v) is 5.19. The molecule has 1 aromatic heterocycles. The highest BCUT2D eigenvalue weighted by molar-refractivity contribution is 5.39. The van der Waals surface area contributed by atoms with Crippen LogP contribution >= 0.6 is 0 Å². The van der Waals surface area contributed by atoms with Crippen molar-refractivity contribution < 1.29 is 13.5 Å². The topological polar surface area (TPSA) is 61.0 Å². The maximum absolute atomic E-state index is 13.4. The monoisotopic (exact) mass is 251 g/mol. The first-order valence-electron chi connectivity index (χ1n) is 5.19. The Labute approximate surface area is 102 Å². The molecule has 0 spiro atoms. The maximum Gasteiger partial charge on any atom is 0.274 e. The van der Waals surface area contributed by atoms with E-state index in [1.54, 1.807) is 6.07 Å². The highest BCUT2D eigenvalue weighted by atomic mass is 19.3. The van der Waals surface area contributed by atoms with Crippen molar-refractivity contribution in [2.45, 2.75) is 12.8 Å². The van der Waals surface area contributed by atoms with Gasteiger partial charge < -0.3 is 10.5 Å². The molecular weight excluding hydrogens is 240 g/mol. The van der Waals surface area contributed by atoms with E-state index in [2.05, 4.69) is 9.97 Å². The Bertz CT molecular complexity index is 555. The summed E-state index contributed by atoms with van der Waals surface area (Å²) in [5.41, 5.74) is 5.22. The Morgan fingerprint density at radius 2 is 1.94 bits per heavy atom. The van der Waals surface area contributed by atoms with Crippen molar-refractivity contribution in [1.82, 2.24) is 9.97 Å². The standard InChI is InChI=1S/C12H11F2N3O/c1-12(13,14)8-4-2-3-5-9(8)18-11-7-16-6-10(15)17-11/h2-7H,1H3,(H2,15,17). The van der Waals surface area contributed by atoms with Gasteiger partial charge in [0.15, 0.2) is 0 Å². The number of hydrogen-bond acceptors (Lipinski definition) is 4. The largest absolute Gasteiger partial charge is 0.437 e. The van der Waals surface area contributed by atoms with Crippen LogP contribution in [0.3, 0.4) is 0 Å². The summed E-state index contributed by atoms with van der Waals surface area (Å²) in [4.78, 5) is 7.61. The van der Waals surface area contributed by atoms with Gasteiger partial charge in [-0.25, -0.2) is 8.78 Å². The number of nitrogen functional groups attached to an aromatic ring is 1. The Morgan fingerprint density at radius 1 is 1.22 bits per heavy atom. The Balaban J connectivity index is 2.35. The maximum atomic E-state index is 13.4. The van der Waals surface area contributed by atoms with E-state index in [4.69, 9.17) is 10.5 Å². The van der Waals surface area contributed by atoms with E-state index in [-0.39, 0.29) is 23.0 Å². The van der Waals surface area contributed by atoms with Gasteiger partial charge in [-0.2, -0.15) is 4.98 Å². The Hall–Kier alpha value is -2.24. The van der Waals surface area contributed by atoms with Gasteiger partial charge in [-0.15, -0.1) is 0 Å². The fraction of sp³-hybridized carbons (Fsp3) is 0.167. The third kappa shape index (κ3) is 2.71. The van der Waals surface area contributed by atoms with Crippen molar-refractivity contribution in [1.29, 1.82) is 0 Å². The molecule has 0 fully saturated rings. The average molecular weight is 251 g/mol. The van der Waals surface area contributed by atoms with E-state index >= 15 is 0 Å². The number of aromatic nitrogens is 2. The molecule has 0 saturated heterocycles. The fourth-order valence-electron chi connectivity index (χ4n) is 1.44. The quantitative estimate of drug-likeness (QED) is 0.911. The molecule has 6 heteroatoms. The lowest BCUT2D eigenvalue weighted by molar-refractivity contribution is 0.0155. The summed E-state index contributed by atoms with van der Waals surface area (Å²) < 4.78 is 32.0. The Morgan fingerprint density at radius 3 is 2.61 bits per heavy atom. The third-order valence-electron chi connectivity index (χ3n) is 2.21. The van der Waals surface area contributed by atoms with Crippen LogP contribution in [0.1, 0.15) is 12.5 Å². The van der Waals surface area contributed by atoms with Gasteiger partial charge in [-0.3, -0.25) is 4.98 Å². The minimum atomic E-state index is -3.00. The fourth-order valence-corrected chi connectivity index (χ4v) is 1.44. The number of rotatable bonds is 3. The van der Waals surface area contributed by atoms with Crippen LogP contribution in [-0.4, -0.2) is 9.97 Å². The summed E-state index contributed by atoms with van der Waals surface area (Å²) >= 11 is 0. The van der Waals surface area contributed by atoms with E-state index in [0.717, 1.165) is 6.92 Å². The lowest BCUT2D eigenvalue weighted by Crippen LogP contribution is -2.09. The van der Waals surface area contributed by atoms with Crippen LogP contribution in [0, 0.1) is 0 Å². The molecule has 0 aliphatic heterocycles. The minimum absolute atomic E-state index is 0.0323. The van der Waals surface area contributed by atoms with Gasteiger partial charge in [0.2, 0.25) is 5.88 Å².